The lowest BCUT2D eigenvalue weighted by molar-refractivity contribution is -0.402. The maximum Gasteiger partial charge on any atom is 0.433 e. The minimum atomic E-state index is -0.579. The van der Waals surface area contributed by atoms with Crippen LogP contribution in [0.25, 0.3) is 23.2 Å². The third kappa shape index (κ3) is 4.35. The number of aromatic nitrogens is 3. The molecule has 10 heteroatoms. The SMILES string of the molecule is COc1ccc(-n2c(S/C=C/c3ccc([N+](=O)[O-])o3)nnc2-c2ccccc2OC)cc1. The summed E-state index contributed by atoms with van der Waals surface area (Å²) in [5, 5.41) is 21.9. The zero-order valence-corrected chi connectivity index (χ0v) is 18.0. The van der Waals surface area contributed by atoms with Crippen molar-refractivity contribution in [3.63, 3.8) is 0 Å². The van der Waals surface area contributed by atoms with Crippen molar-refractivity contribution in [1.29, 1.82) is 0 Å². The van der Waals surface area contributed by atoms with E-state index in [1.54, 1.807) is 25.7 Å². The fourth-order valence-corrected chi connectivity index (χ4v) is 3.72. The van der Waals surface area contributed by atoms with Crippen LogP contribution >= 0.6 is 11.8 Å². The molecule has 0 aliphatic heterocycles. The van der Waals surface area contributed by atoms with Gasteiger partial charge in [-0.3, -0.25) is 14.7 Å². The van der Waals surface area contributed by atoms with Crippen molar-refractivity contribution in [1.82, 2.24) is 14.8 Å². The number of rotatable bonds is 8. The molecule has 0 N–H and O–H groups in total. The van der Waals surface area contributed by atoms with E-state index < -0.39 is 4.92 Å². The maximum absolute atomic E-state index is 10.8. The van der Waals surface area contributed by atoms with Crippen molar-refractivity contribution in [2.75, 3.05) is 14.2 Å². The van der Waals surface area contributed by atoms with E-state index in [2.05, 4.69) is 10.2 Å². The summed E-state index contributed by atoms with van der Waals surface area (Å²) in [6.45, 7) is 0. The Labute approximate surface area is 187 Å². The molecular formula is C22H18N4O5S. The molecule has 0 saturated carbocycles. The molecule has 32 heavy (non-hydrogen) atoms. The number of hydrogen-bond donors (Lipinski definition) is 0. The van der Waals surface area contributed by atoms with E-state index in [9.17, 15) is 10.1 Å². The molecule has 0 bridgehead atoms. The molecule has 0 saturated heterocycles. The van der Waals surface area contributed by atoms with Gasteiger partial charge in [-0.1, -0.05) is 23.9 Å². The molecule has 2 heterocycles. The van der Waals surface area contributed by atoms with E-state index in [4.69, 9.17) is 13.9 Å². The first-order valence-corrected chi connectivity index (χ1v) is 10.3. The minimum absolute atomic E-state index is 0.311. The van der Waals surface area contributed by atoms with Gasteiger partial charge in [0.25, 0.3) is 0 Å². The molecule has 0 unspecified atom stereocenters. The number of para-hydroxylation sites is 1. The lowest BCUT2D eigenvalue weighted by atomic mass is 10.2. The second-order valence-corrected chi connectivity index (χ2v) is 7.27. The largest absolute Gasteiger partial charge is 0.497 e. The molecule has 4 rings (SSSR count). The number of ether oxygens (including phenoxy) is 2. The molecule has 0 fully saturated rings. The highest BCUT2D eigenvalue weighted by molar-refractivity contribution is 8.02. The molecule has 0 radical (unpaired) electrons. The second kappa shape index (κ2) is 9.40. The molecule has 4 aromatic rings. The van der Waals surface area contributed by atoms with Gasteiger partial charge in [0.2, 0.25) is 0 Å². The first-order chi connectivity index (χ1) is 15.6. The number of methoxy groups -OCH3 is 2. The number of nitrogens with zero attached hydrogens (tertiary/aromatic N) is 4. The van der Waals surface area contributed by atoms with Gasteiger partial charge in [-0.15, -0.1) is 10.2 Å². The summed E-state index contributed by atoms with van der Waals surface area (Å²) >= 11 is 1.30. The van der Waals surface area contributed by atoms with Crippen LogP contribution in [0.15, 0.2) is 75.6 Å². The van der Waals surface area contributed by atoms with Crippen molar-refractivity contribution in [2.24, 2.45) is 0 Å². The van der Waals surface area contributed by atoms with Gasteiger partial charge >= 0.3 is 5.88 Å². The standard InChI is InChI=1S/C22H18N4O5S/c1-29-16-9-7-15(8-10-16)25-21(18-5-3-4-6-19(18)30-2)23-24-22(25)32-14-13-17-11-12-20(31-17)26(27)28/h3-14H,1-2H3/b14-13+. The lowest BCUT2D eigenvalue weighted by Crippen LogP contribution is -2.00. The van der Waals surface area contributed by atoms with Crippen LogP contribution in [0.4, 0.5) is 5.88 Å². The smallest absolute Gasteiger partial charge is 0.433 e. The Bertz CT molecular complexity index is 1260. The van der Waals surface area contributed by atoms with E-state index in [-0.39, 0.29) is 5.88 Å². The van der Waals surface area contributed by atoms with E-state index in [1.165, 1.54) is 23.9 Å². The molecular weight excluding hydrogens is 432 g/mol. The molecule has 2 aromatic heterocycles. The predicted octanol–water partition coefficient (Wildman–Crippen LogP) is 5.22. The Hall–Kier alpha value is -4.05. The van der Waals surface area contributed by atoms with Crippen LogP contribution < -0.4 is 9.47 Å². The maximum atomic E-state index is 10.8. The highest BCUT2D eigenvalue weighted by atomic mass is 32.2. The van der Waals surface area contributed by atoms with Crippen LogP contribution in [0.3, 0.4) is 0 Å². The van der Waals surface area contributed by atoms with Crippen molar-refractivity contribution in [2.45, 2.75) is 5.16 Å². The van der Waals surface area contributed by atoms with Gasteiger partial charge in [-0.05, 0) is 53.9 Å². The van der Waals surface area contributed by atoms with Gasteiger partial charge in [0.1, 0.15) is 22.2 Å². The van der Waals surface area contributed by atoms with Crippen LogP contribution in [-0.4, -0.2) is 33.9 Å². The average molecular weight is 450 g/mol. The fraction of sp³-hybridized carbons (Fsp3) is 0.0909. The Morgan fingerprint density at radius 2 is 1.81 bits per heavy atom. The molecule has 9 nitrogen and oxygen atoms in total. The van der Waals surface area contributed by atoms with E-state index in [0.29, 0.717) is 22.5 Å². The van der Waals surface area contributed by atoms with Crippen LogP contribution in [-0.2, 0) is 0 Å². The van der Waals surface area contributed by atoms with Gasteiger partial charge in [0.15, 0.2) is 11.0 Å². The number of thioether (sulfide) groups is 1. The highest BCUT2D eigenvalue weighted by Crippen LogP contribution is 2.34. The van der Waals surface area contributed by atoms with Gasteiger partial charge in [0, 0.05) is 0 Å². The summed E-state index contributed by atoms with van der Waals surface area (Å²) in [5.74, 6) is 2.06. The average Bonchev–Trinajstić information content (AvgIpc) is 3.47. The van der Waals surface area contributed by atoms with Crippen molar-refractivity contribution < 1.29 is 18.8 Å². The van der Waals surface area contributed by atoms with Crippen molar-refractivity contribution in [3.8, 4) is 28.6 Å². The minimum Gasteiger partial charge on any atom is -0.497 e. The van der Waals surface area contributed by atoms with Gasteiger partial charge in [-0.2, -0.15) is 0 Å². The first kappa shape index (κ1) is 21.2. The number of benzene rings is 2. The molecule has 162 valence electrons. The highest BCUT2D eigenvalue weighted by Gasteiger charge is 2.18. The Morgan fingerprint density at radius 3 is 2.50 bits per heavy atom. The number of furan rings is 1. The molecule has 2 aromatic carbocycles. The van der Waals surface area contributed by atoms with Crippen LogP contribution in [0, 0.1) is 10.1 Å². The normalized spacial score (nSPS) is 11.1. The monoisotopic (exact) mass is 450 g/mol. The van der Waals surface area contributed by atoms with E-state index in [0.717, 1.165) is 17.0 Å². The van der Waals surface area contributed by atoms with Crippen molar-refractivity contribution in [3.05, 3.63) is 81.9 Å². The van der Waals surface area contributed by atoms with Gasteiger partial charge in [0.05, 0.1) is 31.5 Å². The quantitative estimate of drug-likeness (QED) is 0.204. The topological polar surface area (TPSA) is 105 Å². The van der Waals surface area contributed by atoms with Crippen molar-refractivity contribution >= 4 is 23.7 Å². The molecule has 0 amide bonds. The fourth-order valence-electron chi connectivity index (χ4n) is 3.01. The van der Waals surface area contributed by atoms with E-state index in [1.807, 2.05) is 53.1 Å². The summed E-state index contributed by atoms with van der Waals surface area (Å²) in [5.41, 5.74) is 1.62. The van der Waals surface area contributed by atoms with Gasteiger partial charge in [-0.25, -0.2) is 0 Å². The summed E-state index contributed by atoms with van der Waals surface area (Å²) in [6, 6.07) is 17.9. The summed E-state index contributed by atoms with van der Waals surface area (Å²) in [4.78, 5) is 10.2. The predicted molar refractivity (Wildman–Crippen MR) is 120 cm³/mol. The number of hydrogen-bond acceptors (Lipinski definition) is 8. The Morgan fingerprint density at radius 1 is 1.03 bits per heavy atom. The first-order valence-electron chi connectivity index (χ1n) is 9.41. The third-order valence-corrected chi connectivity index (χ3v) is 5.26. The molecule has 0 aliphatic rings. The summed E-state index contributed by atoms with van der Waals surface area (Å²) < 4.78 is 17.8. The van der Waals surface area contributed by atoms with Crippen LogP contribution in [0.2, 0.25) is 0 Å². The van der Waals surface area contributed by atoms with Crippen LogP contribution in [0.5, 0.6) is 11.5 Å². The van der Waals surface area contributed by atoms with Gasteiger partial charge < -0.3 is 13.9 Å². The zero-order valence-electron chi connectivity index (χ0n) is 17.2. The summed E-state index contributed by atoms with van der Waals surface area (Å²) in [6.07, 6.45) is 1.63. The Balaban J connectivity index is 1.72. The molecule has 0 atom stereocenters. The summed E-state index contributed by atoms with van der Waals surface area (Å²) in [7, 11) is 3.22. The zero-order chi connectivity index (χ0) is 22.5. The molecule has 0 aliphatic carbocycles. The Kier molecular flexibility index (Phi) is 6.22. The third-order valence-electron chi connectivity index (χ3n) is 4.51. The lowest BCUT2D eigenvalue weighted by Gasteiger charge is -2.12. The molecule has 0 spiro atoms. The second-order valence-electron chi connectivity index (χ2n) is 6.39. The number of nitro groups is 1. The van der Waals surface area contributed by atoms with Crippen LogP contribution in [0.1, 0.15) is 5.76 Å². The van der Waals surface area contributed by atoms with E-state index >= 15 is 0 Å².